The number of nitrogens with one attached hydrogen (secondary N) is 1. The van der Waals surface area contributed by atoms with Gasteiger partial charge in [0.25, 0.3) is 0 Å². The number of methoxy groups -OCH3 is 1. The molecule has 0 radical (unpaired) electrons. The second-order valence-electron chi connectivity index (χ2n) is 5.07. The Labute approximate surface area is 146 Å². The van der Waals surface area contributed by atoms with Crippen molar-refractivity contribution in [3.8, 4) is 5.75 Å². The summed E-state index contributed by atoms with van der Waals surface area (Å²) in [6, 6.07) is 12.4. The summed E-state index contributed by atoms with van der Waals surface area (Å²) in [5.41, 5.74) is 1.66. The normalized spacial score (nSPS) is 10.3. The first kappa shape index (κ1) is 17.4. The first-order valence-corrected chi connectivity index (χ1v) is 7.85. The highest BCUT2D eigenvalue weighted by molar-refractivity contribution is 6.31. The minimum atomic E-state index is -0.223. The van der Waals surface area contributed by atoms with Gasteiger partial charge in [0.1, 0.15) is 5.75 Å². The highest BCUT2D eigenvalue weighted by atomic mass is 35.5. The van der Waals surface area contributed by atoms with Crippen molar-refractivity contribution >= 4 is 34.9 Å². The molecule has 4 nitrogen and oxygen atoms in total. The van der Waals surface area contributed by atoms with E-state index < -0.39 is 0 Å². The highest BCUT2D eigenvalue weighted by Crippen LogP contribution is 2.27. The third-order valence-electron chi connectivity index (χ3n) is 3.40. The molecule has 2 rings (SSSR count). The van der Waals surface area contributed by atoms with Crippen molar-refractivity contribution in [2.75, 3.05) is 26.0 Å². The molecule has 2 amide bonds. The van der Waals surface area contributed by atoms with Crippen LogP contribution in [0.3, 0.4) is 0 Å². The molecule has 0 bridgehead atoms. The standard InChI is InChI=1S/C17H18Cl2N2O2/c1-21(10-9-12-3-5-13(18)6-4-12)17(22)20-15-11-14(19)7-8-16(15)23-2/h3-8,11H,9-10H2,1-2H3,(H,20,22). The molecule has 0 aliphatic carbocycles. The van der Waals surface area contributed by atoms with Gasteiger partial charge < -0.3 is 15.0 Å². The zero-order valence-corrected chi connectivity index (χ0v) is 14.5. The zero-order chi connectivity index (χ0) is 16.8. The van der Waals surface area contributed by atoms with Crippen LogP contribution in [0.4, 0.5) is 10.5 Å². The summed E-state index contributed by atoms with van der Waals surface area (Å²) < 4.78 is 5.22. The second-order valence-corrected chi connectivity index (χ2v) is 5.95. The second kappa shape index (κ2) is 8.09. The Morgan fingerprint density at radius 1 is 1.13 bits per heavy atom. The zero-order valence-electron chi connectivity index (χ0n) is 13.0. The number of carbonyl (C=O) groups is 1. The molecule has 0 saturated heterocycles. The molecule has 2 aromatic carbocycles. The largest absolute Gasteiger partial charge is 0.495 e. The van der Waals surface area contributed by atoms with E-state index in [1.165, 1.54) is 0 Å². The minimum absolute atomic E-state index is 0.223. The van der Waals surface area contributed by atoms with Gasteiger partial charge in [-0.25, -0.2) is 4.79 Å². The molecule has 0 saturated carbocycles. The maximum absolute atomic E-state index is 12.3. The topological polar surface area (TPSA) is 41.6 Å². The molecule has 23 heavy (non-hydrogen) atoms. The minimum Gasteiger partial charge on any atom is -0.495 e. The molecule has 0 aliphatic heterocycles. The molecule has 2 aromatic rings. The van der Waals surface area contributed by atoms with Crippen LogP contribution in [0.2, 0.25) is 10.0 Å². The lowest BCUT2D eigenvalue weighted by molar-refractivity contribution is 0.223. The molecule has 0 aromatic heterocycles. The number of urea groups is 1. The van der Waals surface area contributed by atoms with Crippen LogP contribution < -0.4 is 10.1 Å². The van der Waals surface area contributed by atoms with Crippen molar-refractivity contribution < 1.29 is 9.53 Å². The van der Waals surface area contributed by atoms with Gasteiger partial charge in [-0.2, -0.15) is 0 Å². The quantitative estimate of drug-likeness (QED) is 0.846. The van der Waals surface area contributed by atoms with Crippen molar-refractivity contribution in [3.63, 3.8) is 0 Å². The fourth-order valence-corrected chi connectivity index (χ4v) is 2.34. The number of anilines is 1. The van der Waals surface area contributed by atoms with Crippen molar-refractivity contribution in [2.24, 2.45) is 0 Å². The maximum Gasteiger partial charge on any atom is 0.321 e. The summed E-state index contributed by atoms with van der Waals surface area (Å²) in [6.07, 6.45) is 0.744. The number of ether oxygens (including phenoxy) is 1. The average molecular weight is 353 g/mol. The van der Waals surface area contributed by atoms with Crippen LogP contribution in [0.5, 0.6) is 5.75 Å². The Morgan fingerprint density at radius 2 is 1.78 bits per heavy atom. The number of amides is 2. The highest BCUT2D eigenvalue weighted by Gasteiger charge is 2.12. The van der Waals surface area contributed by atoms with Gasteiger partial charge in [-0.1, -0.05) is 35.3 Å². The molecule has 1 N–H and O–H groups in total. The van der Waals surface area contributed by atoms with Crippen LogP contribution >= 0.6 is 23.2 Å². The van der Waals surface area contributed by atoms with Gasteiger partial charge in [0.2, 0.25) is 0 Å². The van der Waals surface area contributed by atoms with Gasteiger partial charge in [0.05, 0.1) is 12.8 Å². The third kappa shape index (κ3) is 5.05. The Hall–Kier alpha value is -1.91. The Balaban J connectivity index is 1.94. The number of likely N-dealkylation sites (N-methyl/N-ethyl adjacent to an activating group) is 1. The van der Waals surface area contributed by atoms with E-state index in [1.807, 2.05) is 24.3 Å². The van der Waals surface area contributed by atoms with Gasteiger partial charge in [-0.15, -0.1) is 0 Å². The van der Waals surface area contributed by atoms with E-state index in [-0.39, 0.29) is 6.03 Å². The average Bonchev–Trinajstić information content (AvgIpc) is 2.54. The smallest absolute Gasteiger partial charge is 0.321 e. The number of hydrogen-bond acceptors (Lipinski definition) is 2. The Morgan fingerprint density at radius 3 is 2.43 bits per heavy atom. The SMILES string of the molecule is COc1ccc(Cl)cc1NC(=O)N(C)CCc1ccc(Cl)cc1. The lowest BCUT2D eigenvalue weighted by atomic mass is 10.1. The number of benzene rings is 2. The third-order valence-corrected chi connectivity index (χ3v) is 3.89. The van der Waals surface area contributed by atoms with Crippen LogP contribution in [0.1, 0.15) is 5.56 Å². The van der Waals surface area contributed by atoms with Crippen molar-refractivity contribution in [3.05, 3.63) is 58.1 Å². The predicted octanol–water partition coefficient (Wildman–Crippen LogP) is 4.71. The maximum atomic E-state index is 12.3. The van der Waals surface area contributed by atoms with Crippen LogP contribution in [0.25, 0.3) is 0 Å². The molecule has 0 unspecified atom stereocenters. The van der Waals surface area contributed by atoms with Gasteiger partial charge in [0, 0.05) is 23.6 Å². The Kier molecular flexibility index (Phi) is 6.13. The molecule has 6 heteroatoms. The molecule has 0 atom stereocenters. The molecule has 0 heterocycles. The molecule has 0 spiro atoms. The van der Waals surface area contributed by atoms with Gasteiger partial charge in [-0.05, 0) is 42.3 Å². The van der Waals surface area contributed by atoms with E-state index in [9.17, 15) is 4.79 Å². The summed E-state index contributed by atoms with van der Waals surface area (Å²) in [5, 5.41) is 4.04. The van der Waals surface area contributed by atoms with E-state index >= 15 is 0 Å². The first-order valence-electron chi connectivity index (χ1n) is 7.09. The summed E-state index contributed by atoms with van der Waals surface area (Å²) >= 11 is 11.8. The van der Waals surface area contributed by atoms with Crippen molar-refractivity contribution in [1.29, 1.82) is 0 Å². The van der Waals surface area contributed by atoms with Gasteiger partial charge in [0.15, 0.2) is 0 Å². The van der Waals surface area contributed by atoms with Crippen LogP contribution in [0.15, 0.2) is 42.5 Å². The number of halogens is 2. The first-order chi connectivity index (χ1) is 11.0. The van der Waals surface area contributed by atoms with E-state index in [2.05, 4.69) is 5.32 Å². The number of nitrogens with zero attached hydrogens (tertiary/aromatic N) is 1. The molecular weight excluding hydrogens is 335 g/mol. The van der Waals surface area contributed by atoms with E-state index in [4.69, 9.17) is 27.9 Å². The van der Waals surface area contributed by atoms with Crippen molar-refractivity contribution in [2.45, 2.75) is 6.42 Å². The van der Waals surface area contributed by atoms with E-state index in [1.54, 1.807) is 37.3 Å². The predicted molar refractivity (Wildman–Crippen MR) is 94.8 cm³/mol. The lowest BCUT2D eigenvalue weighted by Gasteiger charge is -2.19. The van der Waals surface area contributed by atoms with Crippen molar-refractivity contribution in [1.82, 2.24) is 4.90 Å². The molecule has 122 valence electrons. The van der Waals surface area contributed by atoms with Crippen LogP contribution in [-0.4, -0.2) is 31.6 Å². The van der Waals surface area contributed by atoms with Gasteiger partial charge >= 0.3 is 6.03 Å². The Bertz CT molecular complexity index is 675. The number of carbonyl (C=O) groups excluding carboxylic acids is 1. The van der Waals surface area contributed by atoms with Crippen LogP contribution in [-0.2, 0) is 6.42 Å². The summed E-state index contributed by atoms with van der Waals surface area (Å²) in [4.78, 5) is 13.9. The summed E-state index contributed by atoms with van der Waals surface area (Å²) in [7, 11) is 3.28. The summed E-state index contributed by atoms with van der Waals surface area (Å²) in [6.45, 7) is 0.580. The van der Waals surface area contributed by atoms with Crippen LogP contribution in [0, 0.1) is 0 Å². The number of hydrogen-bond donors (Lipinski definition) is 1. The molecule has 0 aliphatic rings. The van der Waals surface area contributed by atoms with Gasteiger partial charge in [-0.3, -0.25) is 0 Å². The number of rotatable bonds is 5. The fourth-order valence-electron chi connectivity index (χ4n) is 2.04. The van der Waals surface area contributed by atoms with E-state index in [0.717, 1.165) is 12.0 Å². The monoisotopic (exact) mass is 352 g/mol. The molecular formula is C17H18Cl2N2O2. The lowest BCUT2D eigenvalue weighted by Crippen LogP contribution is -2.33. The molecule has 0 fully saturated rings. The van der Waals surface area contributed by atoms with E-state index in [0.29, 0.717) is 28.0 Å². The fraction of sp³-hybridized carbons (Fsp3) is 0.235. The summed E-state index contributed by atoms with van der Waals surface area (Å²) in [5.74, 6) is 0.564.